The van der Waals surface area contributed by atoms with Gasteiger partial charge in [0.1, 0.15) is 0 Å². The molecule has 5 aliphatic carbocycles. The molecule has 0 heterocycles. The van der Waals surface area contributed by atoms with Crippen molar-refractivity contribution >= 4 is 17.5 Å². The fourth-order valence-electron chi connectivity index (χ4n) is 8.78. The van der Waals surface area contributed by atoms with Gasteiger partial charge in [0, 0.05) is 11.3 Å². The van der Waals surface area contributed by atoms with Gasteiger partial charge in [-0.15, -0.1) is 0 Å². The second-order valence-electron chi connectivity index (χ2n) is 13.1. The molecule has 0 aromatic rings. The lowest BCUT2D eigenvalue weighted by Crippen LogP contribution is -2.62. The number of hydrogen-bond acceptors (Lipinski definition) is 3. The van der Waals surface area contributed by atoms with Crippen molar-refractivity contribution < 1.29 is 19.5 Å². The van der Waals surface area contributed by atoms with Crippen LogP contribution in [0.2, 0.25) is 0 Å². The summed E-state index contributed by atoms with van der Waals surface area (Å²) >= 11 is 0. The molecule has 178 valence electrons. The maximum atomic E-state index is 12.5. The zero-order chi connectivity index (χ0) is 24.2. The van der Waals surface area contributed by atoms with Gasteiger partial charge in [0.25, 0.3) is 0 Å². The average molecular weight is 451 g/mol. The van der Waals surface area contributed by atoms with Crippen molar-refractivity contribution in [2.45, 2.75) is 86.5 Å². The zero-order valence-electron chi connectivity index (χ0n) is 21.0. The van der Waals surface area contributed by atoms with Gasteiger partial charge >= 0.3 is 5.97 Å². The molecule has 5 rings (SSSR count). The molecule has 0 aliphatic heterocycles. The monoisotopic (exact) mass is 450 g/mol. The zero-order valence-corrected chi connectivity index (χ0v) is 21.0. The van der Waals surface area contributed by atoms with Crippen molar-refractivity contribution in [3.8, 4) is 0 Å². The van der Waals surface area contributed by atoms with Gasteiger partial charge in [-0.25, -0.2) is 0 Å². The number of carbonyl (C=O) groups excluding carboxylic acids is 2. The molecule has 7 atom stereocenters. The number of Topliss-reactive ketones (excluding diaryl/α,β-unsaturated/α-hetero) is 1. The first-order valence-electron chi connectivity index (χ1n) is 12.7. The van der Waals surface area contributed by atoms with Gasteiger partial charge in [-0.1, -0.05) is 52.3 Å². The molecule has 5 aliphatic rings. The van der Waals surface area contributed by atoms with E-state index in [1.807, 2.05) is 13.8 Å². The lowest BCUT2D eigenvalue weighted by molar-refractivity contribution is -0.178. The summed E-state index contributed by atoms with van der Waals surface area (Å²) in [6, 6.07) is 0. The van der Waals surface area contributed by atoms with E-state index in [4.69, 9.17) is 0 Å². The van der Waals surface area contributed by atoms with Crippen molar-refractivity contribution in [2.75, 3.05) is 0 Å². The van der Waals surface area contributed by atoms with Gasteiger partial charge in [-0.2, -0.15) is 0 Å². The Hall–Kier alpha value is -1.97. The van der Waals surface area contributed by atoms with Gasteiger partial charge in [0.05, 0.1) is 5.41 Å². The third kappa shape index (κ3) is 2.67. The maximum Gasteiger partial charge on any atom is 0.309 e. The summed E-state index contributed by atoms with van der Waals surface area (Å²) in [5.41, 5.74) is 2.64. The molecule has 0 radical (unpaired) electrons. The minimum absolute atomic E-state index is 0.00547. The summed E-state index contributed by atoms with van der Waals surface area (Å²) in [4.78, 5) is 37.2. The molecule has 0 amide bonds. The number of carboxylic acids is 1. The molecular weight excluding hydrogens is 412 g/mol. The summed E-state index contributed by atoms with van der Waals surface area (Å²) in [6.45, 7) is 13.3. The van der Waals surface area contributed by atoms with E-state index in [0.717, 1.165) is 56.1 Å². The highest BCUT2D eigenvalue weighted by Gasteiger charge is 2.67. The molecule has 4 nitrogen and oxygen atoms in total. The highest BCUT2D eigenvalue weighted by atomic mass is 16.4. The molecule has 1 N–H and O–H groups in total. The Labute approximate surface area is 197 Å². The Morgan fingerprint density at radius 2 is 1.61 bits per heavy atom. The fourth-order valence-corrected chi connectivity index (χ4v) is 8.78. The number of allylic oxidation sites excluding steroid dienone is 6. The number of aliphatic carboxylic acids is 1. The van der Waals surface area contributed by atoms with Crippen molar-refractivity contribution in [1.82, 2.24) is 0 Å². The first-order chi connectivity index (χ1) is 15.2. The van der Waals surface area contributed by atoms with Gasteiger partial charge in [-0.3, -0.25) is 14.4 Å². The predicted octanol–water partition coefficient (Wildman–Crippen LogP) is 6.07. The molecule has 3 saturated carbocycles. The normalized spacial score (nSPS) is 49.0. The highest BCUT2D eigenvalue weighted by molar-refractivity contribution is 6.44. The van der Waals surface area contributed by atoms with Gasteiger partial charge in [0.2, 0.25) is 11.6 Å². The molecule has 0 aromatic carbocycles. The van der Waals surface area contributed by atoms with Crippen LogP contribution in [-0.4, -0.2) is 22.6 Å². The number of ketones is 2. The first-order valence-corrected chi connectivity index (χ1v) is 12.7. The van der Waals surface area contributed by atoms with E-state index in [0.29, 0.717) is 5.92 Å². The Kier molecular flexibility index (Phi) is 4.55. The Morgan fingerprint density at radius 1 is 0.939 bits per heavy atom. The number of carbonyl (C=O) groups is 3. The lowest BCUT2D eigenvalue weighted by Gasteiger charge is -2.70. The summed E-state index contributed by atoms with van der Waals surface area (Å²) < 4.78 is 0. The Bertz CT molecular complexity index is 1080. The number of hydrogen-bond donors (Lipinski definition) is 1. The molecule has 0 saturated heterocycles. The summed E-state index contributed by atoms with van der Waals surface area (Å²) in [7, 11) is 0. The van der Waals surface area contributed by atoms with Crippen LogP contribution >= 0.6 is 0 Å². The van der Waals surface area contributed by atoms with Crippen molar-refractivity contribution in [3.05, 3.63) is 34.9 Å². The molecular formula is C29H38O4. The minimum Gasteiger partial charge on any atom is -0.481 e. The average Bonchev–Trinajstić information content (AvgIpc) is 2.75. The van der Waals surface area contributed by atoms with Crippen LogP contribution in [0.4, 0.5) is 0 Å². The van der Waals surface area contributed by atoms with E-state index < -0.39 is 11.4 Å². The van der Waals surface area contributed by atoms with Crippen LogP contribution in [-0.2, 0) is 14.4 Å². The van der Waals surface area contributed by atoms with Gasteiger partial charge in [-0.05, 0) is 91.3 Å². The Morgan fingerprint density at radius 3 is 2.27 bits per heavy atom. The molecule has 0 bridgehead atoms. The lowest BCUT2D eigenvalue weighted by atomic mass is 9.34. The standard InChI is InChI=1S/C29H38O4/c1-17-18-7-8-21-27(4,19(18)15-20(30)23(17)31)12-14-29(6)22-16-26(3,24(32)33)10-9-25(22,2)11-13-28(21,29)5/h7-8,15,17,22H,9-14,16H2,1-6H3,(H,32,33)/t17?,22-,25-,26-,27+,28-,29?/m1/s1. The molecule has 0 aromatic heterocycles. The summed E-state index contributed by atoms with van der Waals surface area (Å²) in [5.74, 6) is -1.36. The quantitative estimate of drug-likeness (QED) is 0.492. The minimum atomic E-state index is -0.658. The topological polar surface area (TPSA) is 71.4 Å². The Balaban J connectivity index is 1.64. The SMILES string of the molecule is CC1C(=O)C(=O)C=C2C1=CC=C1[C@@]2(C)CCC2(C)[C@@H]3C[C@](C)(C(=O)O)CC[C@]3(C)CC[C@]12C. The van der Waals surface area contributed by atoms with E-state index >= 15 is 0 Å². The molecule has 33 heavy (non-hydrogen) atoms. The van der Waals surface area contributed by atoms with Crippen molar-refractivity contribution in [2.24, 2.45) is 38.9 Å². The van der Waals surface area contributed by atoms with Crippen molar-refractivity contribution in [1.29, 1.82) is 0 Å². The molecule has 4 heteroatoms. The summed E-state index contributed by atoms with van der Waals surface area (Å²) in [5, 5.41) is 10.1. The van der Waals surface area contributed by atoms with Crippen LogP contribution < -0.4 is 0 Å². The third-order valence-corrected chi connectivity index (χ3v) is 11.5. The van der Waals surface area contributed by atoms with Crippen LogP contribution in [0.5, 0.6) is 0 Å². The van der Waals surface area contributed by atoms with Crippen LogP contribution in [0.15, 0.2) is 34.9 Å². The van der Waals surface area contributed by atoms with Crippen LogP contribution in [0.3, 0.4) is 0 Å². The maximum absolute atomic E-state index is 12.5. The van der Waals surface area contributed by atoms with Crippen LogP contribution in [0, 0.1) is 38.9 Å². The van der Waals surface area contributed by atoms with Crippen LogP contribution in [0.1, 0.15) is 86.5 Å². The highest BCUT2D eigenvalue weighted by Crippen LogP contribution is 2.75. The van der Waals surface area contributed by atoms with E-state index in [2.05, 4.69) is 39.8 Å². The third-order valence-electron chi connectivity index (χ3n) is 11.5. The molecule has 2 unspecified atom stereocenters. The second kappa shape index (κ2) is 6.58. The second-order valence-corrected chi connectivity index (χ2v) is 13.1. The largest absolute Gasteiger partial charge is 0.481 e. The smallest absolute Gasteiger partial charge is 0.309 e. The van der Waals surface area contributed by atoms with Crippen molar-refractivity contribution in [3.63, 3.8) is 0 Å². The van der Waals surface area contributed by atoms with Gasteiger partial charge in [0.15, 0.2) is 0 Å². The number of carboxylic acid groups (broad SMARTS) is 1. The van der Waals surface area contributed by atoms with E-state index in [1.165, 1.54) is 5.57 Å². The number of rotatable bonds is 1. The van der Waals surface area contributed by atoms with E-state index in [-0.39, 0.29) is 39.1 Å². The van der Waals surface area contributed by atoms with E-state index in [1.54, 1.807) is 6.08 Å². The summed E-state index contributed by atoms with van der Waals surface area (Å²) in [6.07, 6.45) is 12.6. The predicted molar refractivity (Wildman–Crippen MR) is 127 cm³/mol. The van der Waals surface area contributed by atoms with Crippen LogP contribution in [0.25, 0.3) is 0 Å². The molecule has 3 fully saturated rings. The van der Waals surface area contributed by atoms with Gasteiger partial charge < -0.3 is 5.11 Å². The van der Waals surface area contributed by atoms with E-state index in [9.17, 15) is 19.5 Å². The molecule has 0 spiro atoms. The first kappa shape index (κ1) is 22.8. The number of fused-ring (bicyclic) bond motifs is 7. The fraction of sp³-hybridized carbons (Fsp3) is 0.690.